The van der Waals surface area contributed by atoms with E-state index in [1.807, 2.05) is 18.2 Å². The van der Waals surface area contributed by atoms with Crippen LogP contribution in [0.15, 0.2) is 36.5 Å². The molecule has 0 atom stereocenters. The molecule has 0 aliphatic rings. The number of hydrogen-bond acceptors (Lipinski definition) is 2. The predicted molar refractivity (Wildman–Crippen MR) is 68.4 cm³/mol. The number of halogens is 1. The Kier molecular flexibility index (Phi) is 3.38. The van der Waals surface area contributed by atoms with Gasteiger partial charge in [0.1, 0.15) is 11.9 Å². The van der Waals surface area contributed by atoms with Crippen LogP contribution in [0.5, 0.6) is 0 Å². The Morgan fingerprint density at radius 1 is 1.28 bits per heavy atom. The van der Waals surface area contributed by atoms with E-state index in [9.17, 15) is 4.39 Å². The lowest BCUT2D eigenvalue weighted by Crippen LogP contribution is -1.96. The van der Waals surface area contributed by atoms with Crippen LogP contribution in [0.3, 0.4) is 0 Å². The molecular weight excluding hydrogens is 227 g/mol. The van der Waals surface area contributed by atoms with Crippen molar-refractivity contribution in [3.63, 3.8) is 0 Å². The van der Waals surface area contributed by atoms with E-state index in [-0.39, 0.29) is 5.56 Å². The molecule has 2 aromatic rings. The molecule has 1 aromatic carbocycles. The molecular formula is C15H13FN2. The zero-order chi connectivity index (χ0) is 13.1. The lowest BCUT2D eigenvalue weighted by Gasteiger charge is -2.11. The molecule has 0 saturated heterocycles. The van der Waals surface area contributed by atoms with Crippen LogP contribution in [0.1, 0.15) is 30.9 Å². The van der Waals surface area contributed by atoms with Gasteiger partial charge in [0.25, 0.3) is 0 Å². The summed E-state index contributed by atoms with van der Waals surface area (Å²) in [7, 11) is 0. The molecule has 2 nitrogen and oxygen atoms in total. The number of hydrogen-bond donors (Lipinski definition) is 0. The summed E-state index contributed by atoms with van der Waals surface area (Å²) in [5.41, 5.74) is 2.72. The van der Waals surface area contributed by atoms with Crippen LogP contribution in [0.25, 0.3) is 11.3 Å². The van der Waals surface area contributed by atoms with Crippen molar-refractivity contribution in [3.8, 4) is 17.3 Å². The lowest BCUT2D eigenvalue weighted by molar-refractivity contribution is 0.624. The molecule has 90 valence electrons. The molecule has 3 heteroatoms. The third-order valence-corrected chi connectivity index (χ3v) is 2.82. The molecule has 0 unspecified atom stereocenters. The average molecular weight is 240 g/mol. The van der Waals surface area contributed by atoms with Gasteiger partial charge in [-0.3, -0.25) is 4.98 Å². The van der Waals surface area contributed by atoms with Gasteiger partial charge >= 0.3 is 0 Å². The minimum Gasteiger partial charge on any atom is -0.256 e. The van der Waals surface area contributed by atoms with Crippen LogP contribution in [-0.2, 0) is 0 Å². The molecule has 2 rings (SSSR count). The number of aromatic nitrogens is 1. The van der Waals surface area contributed by atoms with Gasteiger partial charge in [0, 0.05) is 11.8 Å². The normalized spacial score (nSPS) is 10.4. The summed E-state index contributed by atoms with van der Waals surface area (Å²) in [5.74, 6) is -0.174. The van der Waals surface area contributed by atoms with E-state index < -0.39 is 5.82 Å². The fraction of sp³-hybridized carbons (Fsp3) is 0.200. The van der Waals surface area contributed by atoms with Crippen LogP contribution < -0.4 is 0 Å². The third-order valence-electron chi connectivity index (χ3n) is 2.82. The minimum atomic E-state index is -0.497. The second kappa shape index (κ2) is 4.97. The summed E-state index contributed by atoms with van der Waals surface area (Å²) < 4.78 is 13.3. The van der Waals surface area contributed by atoms with E-state index in [0.29, 0.717) is 5.92 Å². The van der Waals surface area contributed by atoms with Gasteiger partial charge in [-0.2, -0.15) is 5.26 Å². The van der Waals surface area contributed by atoms with Crippen LogP contribution in [-0.4, -0.2) is 4.98 Å². The number of nitriles is 1. The zero-order valence-electron chi connectivity index (χ0n) is 10.3. The summed E-state index contributed by atoms with van der Waals surface area (Å²) >= 11 is 0. The maximum atomic E-state index is 13.3. The van der Waals surface area contributed by atoms with E-state index in [4.69, 9.17) is 5.26 Å². The van der Waals surface area contributed by atoms with Crippen molar-refractivity contribution in [2.75, 3.05) is 0 Å². The number of nitrogens with zero attached hydrogens (tertiary/aromatic N) is 2. The Labute approximate surface area is 106 Å². The molecule has 18 heavy (non-hydrogen) atoms. The van der Waals surface area contributed by atoms with Crippen molar-refractivity contribution in [2.24, 2.45) is 0 Å². The SMILES string of the molecule is CC(C)c1cccnc1-c1ccc(F)c(C#N)c1. The highest BCUT2D eigenvalue weighted by Gasteiger charge is 2.11. The molecule has 1 heterocycles. The second-order valence-corrected chi connectivity index (χ2v) is 4.40. The van der Waals surface area contributed by atoms with Crippen molar-refractivity contribution in [2.45, 2.75) is 19.8 Å². The smallest absolute Gasteiger partial charge is 0.140 e. The maximum Gasteiger partial charge on any atom is 0.140 e. The molecule has 0 N–H and O–H groups in total. The van der Waals surface area contributed by atoms with Crippen molar-refractivity contribution >= 4 is 0 Å². The van der Waals surface area contributed by atoms with Gasteiger partial charge in [-0.15, -0.1) is 0 Å². The highest BCUT2D eigenvalue weighted by atomic mass is 19.1. The Morgan fingerprint density at radius 2 is 2.06 bits per heavy atom. The number of rotatable bonds is 2. The fourth-order valence-corrected chi connectivity index (χ4v) is 1.88. The van der Waals surface area contributed by atoms with Crippen molar-refractivity contribution in [1.82, 2.24) is 4.98 Å². The van der Waals surface area contributed by atoms with Crippen molar-refractivity contribution in [1.29, 1.82) is 5.26 Å². The van der Waals surface area contributed by atoms with Gasteiger partial charge in [-0.25, -0.2) is 4.39 Å². The summed E-state index contributed by atoms with van der Waals surface area (Å²) in [6, 6.07) is 10.3. The quantitative estimate of drug-likeness (QED) is 0.798. The van der Waals surface area contributed by atoms with E-state index in [1.165, 1.54) is 6.07 Å². The van der Waals surface area contributed by atoms with Crippen LogP contribution in [0.2, 0.25) is 0 Å². The van der Waals surface area contributed by atoms with Crippen molar-refractivity contribution < 1.29 is 4.39 Å². The van der Waals surface area contributed by atoms with Gasteiger partial charge < -0.3 is 0 Å². The Balaban J connectivity index is 2.59. The summed E-state index contributed by atoms with van der Waals surface area (Å²) in [4.78, 5) is 4.34. The standard InChI is InChI=1S/C15H13FN2/c1-10(2)13-4-3-7-18-15(13)11-5-6-14(16)12(8-11)9-17/h3-8,10H,1-2H3. The topological polar surface area (TPSA) is 36.7 Å². The fourth-order valence-electron chi connectivity index (χ4n) is 1.88. The largest absolute Gasteiger partial charge is 0.256 e. The van der Waals surface area contributed by atoms with Gasteiger partial charge in [0.2, 0.25) is 0 Å². The Hall–Kier alpha value is -2.21. The second-order valence-electron chi connectivity index (χ2n) is 4.40. The molecule has 0 aliphatic heterocycles. The monoisotopic (exact) mass is 240 g/mol. The molecule has 0 fully saturated rings. The average Bonchev–Trinajstić information content (AvgIpc) is 2.39. The first-order valence-corrected chi connectivity index (χ1v) is 5.78. The van der Waals surface area contributed by atoms with Crippen LogP contribution >= 0.6 is 0 Å². The first-order chi connectivity index (χ1) is 8.63. The molecule has 0 amide bonds. The van der Waals surface area contributed by atoms with Crippen molar-refractivity contribution in [3.05, 3.63) is 53.5 Å². The first-order valence-electron chi connectivity index (χ1n) is 5.78. The lowest BCUT2D eigenvalue weighted by atomic mass is 9.96. The summed E-state index contributed by atoms with van der Waals surface area (Å²) in [6.45, 7) is 4.16. The number of benzene rings is 1. The summed E-state index contributed by atoms with van der Waals surface area (Å²) in [6.07, 6.45) is 1.70. The first kappa shape index (κ1) is 12.3. The maximum absolute atomic E-state index is 13.3. The minimum absolute atomic E-state index is 0.0489. The van der Waals surface area contributed by atoms with Gasteiger partial charge in [-0.1, -0.05) is 19.9 Å². The number of pyridine rings is 1. The molecule has 0 spiro atoms. The van der Waals surface area contributed by atoms with Gasteiger partial charge in [-0.05, 0) is 35.7 Å². The van der Waals surface area contributed by atoms with E-state index in [1.54, 1.807) is 18.3 Å². The predicted octanol–water partition coefficient (Wildman–Crippen LogP) is 3.88. The Morgan fingerprint density at radius 3 is 2.72 bits per heavy atom. The Bertz CT molecular complexity index is 612. The van der Waals surface area contributed by atoms with E-state index >= 15 is 0 Å². The van der Waals surface area contributed by atoms with Gasteiger partial charge in [0.05, 0.1) is 11.3 Å². The zero-order valence-corrected chi connectivity index (χ0v) is 10.3. The highest BCUT2D eigenvalue weighted by molar-refractivity contribution is 5.65. The van der Waals surface area contributed by atoms with Crippen LogP contribution in [0, 0.1) is 17.1 Å². The molecule has 0 aliphatic carbocycles. The third kappa shape index (κ3) is 2.23. The van der Waals surface area contributed by atoms with E-state index in [0.717, 1.165) is 16.8 Å². The highest BCUT2D eigenvalue weighted by Crippen LogP contribution is 2.27. The molecule has 0 bridgehead atoms. The molecule has 0 radical (unpaired) electrons. The molecule has 0 saturated carbocycles. The van der Waals surface area contributed by atoms with E-state index in [2.05, 4.69) is 18.8 Å². The molecule has 1 aromatic heterocycles. The summed E-state index contributed by atoms with van der Waals surface area (Å²) in [5, 5.41) is 8.86. The van der Waals surface area contributed by atoms with Gasteiger partial charge in [0.15, 0.2) is 0 Å². The van der Waals surface area contributed by atoms with Crippen LogP contribution in [0.4, 0.5) is 4.39 Å².